The second-order valence-corrected chi connectivity index (χ2v) is 43.8. The Morgan fingerprint density at radius 2 is 0.737 bits per heavy atom. The first-order chi connectivity index (χ1) is 51.7. The van der Waals surface area contributed by atoms with Gasteiger partial charge < -0.3 is 0 Å². The van der Waals surface area contributed by atoms with Gasteiger partial charge in [-0.05, 0) is 311 Å². The van der Waals surface area contributed by atoms with Crippen LogP contribution in [0.1, 0.15) is 476 Å². The van der Waals surface area contributed by atoms with Crippen molar-refractivity contribution in [2.75, 3.05) is 0 Å². The summed E-state index contributed by atoms with van der Waals surface area (Å²) in [6.45, 7) is 90.2. The summed E-state index contributed by atoms with van der Waals surface area (Å²) in [7, 11) is 0. The van der Waals surface area contributed by atoms with Crippen molar-refractivity contribution in [1.82, 2.24) is 0 Å². The fourth-order valence-corrected chi connectivity index (χ4v) is 14.4. The molecule has 0 nitrogen and oxygen atoms in total. The van der Waals surface area contributed by atoms with Crippen molar-refractivity contribution in [3.05, 3.63) is 174 Å². The number of benzene rings is 5. The Labute approximate surface area is 707 Å². The number of alkyl halides is 5. The highest BCUT2D eigenvalue weighted by atomic mass is 19.4. The van der Waals surface area contributed by atoms with E-state index in [0.29, 0.717) is 63.1 Å². The maximum atomic E-state index is 13.2. The molecule has 0 radical (unpaired) electrons. The molecule has 0 heterocycles. The smallest absolute Gasteiger partial charge is 0.244 e. The summed E-state index contributed by atoms with van der Waals surface area (Å²) < 4.78 is 61.2. The average Bonchev–Trinajstić information content (AvgIpc) is 0.808. The minimum absolute atomic E-state index is 0.240. The Hall–Kier alpha value is -4.25. The lowest BCUT2D eigenvalue weighted by atomic mass is 9.67. The third-order valence-electron chi connectivity index (χ3n) is 25.3. The average molecular weight is 1590 g/mol. The predicted molar refractivity (Wildman–Crippen MR) is 504 cm³/mol. The van der Waals surface area contributed by atoms with Gasteiger partial charge in [0.15, 0.2) is 0 Å². The predicted octanol–water partition coefficient (Wildman–Crippen LogP) is 37.8. The van der Waals surface area contributed by atoms with Crippen LogP contribution in [0.5, 0.6) is 0 Å². The summed E-state index contributed by atoms with van der Waals surface area (Å²) >= 11 is 0. The quantitative estimate of drug-likeness (QED) is 0.129. The molecule has 5 aromatic rings. The Morgan fingerprint density at radius 3 is 1.02 bits per heavy atom. The van der Waals surface area contributed by atoms with E-state index in [4.69, 9.17) is 0 Å². The maximum absolute atomic E-state index is 13.2. The molecule has 0 spiro atoms. The van der Waals surface area contributed by atoms with Crippen molar-refractivity contribution in [2.45, 2.75) is 477 Å². The van der Waals surface area contributed by atoms with Crippen LogP contribution >= 0.6 is 0 Å². The van der Waals surface area contributed by atoms with Crippen molar-refractivity contribution in [2.24, 2.45) is 38.9 Å². The first-order valence-electron chi connectivity index (χ1n) is 45.6. The van der Waals surface area contributed by atoms with Crippen LogP contribution in [0.15, 0.2) is 91.0 Å². The van der Waals surface area contributed by atoms with Crippen LogP contribution < -0.4 is 0 Å². The molecule has 0 aromatic heterocycles. The summed E-state index contributed by atoms with van der Waals surface area (Å²) in [5.41, 5.74) is 23.3. The molecule has 0 aliphatic heterocycles. The van der Waals surface area contributed by atoms with E-state index in [1.165, 1.54) is 161 Å². The molecule has 5 aromatic carbocycles. The van der Waals surface area contributed by atoms with Gasteiger partial charge in [-0.3, -0.25) is 0 Å². The van der Waals surface area contributed by atoms with E-state index in [2.05, 4.69) is 329 Å². The molecule has 4 aliphatic carbocycles. The molecule has 5 heteroatoms. The summed E-state index contributed by atoms with van der Waals surface area (Å²) in [6.07, 6.45) is 19.7. The molecule has 0 bridgehead atoms. The molecule has 1 unspecified atom stereocenters. The van der Waals surface area contributed by atoms with Gasteiger partial charge in [-0.1, -0.05) is 355 Å². The zero-order valence-corrected chi connectivity index (χ0v) is 82.9. The van der Waals surface area contributed by atoms with Gasteiger partial charge in [0, 0.05) is 0 Å². The van der Waals surface area contributed by atoms with Gasteiger partial charge in [-0.2, -0.15) is 13.2 Å². The van der Waals surface area contributed by atoms with Crippen LogP contribution in [-0.4, -0.2) is 17.5 Å². The van der Waals surface area contributed by atoms with Crippen molar-refractivity contribution < 1.29 is 22.0 Å². The van der Waals surface area contributed by atoms with Gasteiger partial charge in [0.2, 0.25) is 0 Å². The Morgan fingerprint density at radius 1 is 0.368 bits per heavy atom. The number of halogens is 5. The van der Waals surface area contributed by atoms with Crippen LogP contribution in [0.3, 0.4) is 0 Å². The highest BCUT2D eigenvalue weighted by molar-refractivity contribution is 5.43. The van der Waals surface area contributed by atoms with E-state index in [9.17, 15) is 22.0 Å². The van der Waals surface area contributed by atoms with E-state index in [1.807, 2.05) is 18.2 Å². The molecule has 9 rings (SSSR count). The monoisotopic (exact) mass is 1590 g/mol. The minimum Gasteiger partial charge on any atom is -0.244 e. The highest BCUT2D eigenvalue weighted by Gasteiger charge is 2.36. The standard InChI is InChI=1S/C16H26.C15H24.C13H20.C10H20.C10H14.C9H17F.C8H15F.C8H16.C7H8.C7H16.C6H11F3/c1-10(2)14-8-15(11(3)4)13(7)16(9-14)12(5)6;1-11-8-9-12(14(2,3)4)10-13(11)15(5,6)7;1-9(2)12-7-6-11(5)13(8-12)10(3)4;1-9(2)5-7-10(3,4)8-6-9;1-7-5-8(2)10(4)9(3)6-7;1-8(2)4-6-9(3,10)7-5-8;1-7-3-5-8(2,9)6-4-7;1-8(2)6-4-3-5-7-8;1-7-5-3-2-4-6-7;1-5-7(3,4)6-2;1-3-4-5(2)6(7,8)9/h8-12H,1-7H3;8-10H,1-7H3;6-10H,1-5H3;5-8H2,1-4H3;5-6H,1-4H3;4-7H2,1-3H3;7H,3-6H2,1-2H3;3-7H2,1-2H3;2-6H,1H3;5-6H2,1-4H3;5H,3-4H2,1-2H3. The third-order valence-corrected chi connectivity index (χ3v) is 25.3. The Bertz CT molecular complexity index is 3220. The molecular formula is C109H187F5. The second-order valence-electron chi connectivity index (χ2n) is 43.8. The number of aryl methyl sites for hydroxylation is 6. The maximum Gasteiger partial charge on any atom is 0.391 e. The molecule has 1 atom stereocenters. The molecule has 658 valence electrons. The van der Waals surface area contributed by atoms with Crippen LogP contribution in [0.2, 0.25) is 0 Å². The van der Waals surface area contributed by atoms with E-state index >= 15 is 0 Å². The molecule has 4 saturated carbocycles. The number of hydrogen-bond donors (Lipinski definition) is 0. The fourth-order valence-electron chi connectivity index (χ4n) is 14.4. The van der Waals surface area contributed by atoms with E-state index in [1.54, 1.807) is 20.8 Å². The third kappa shape index (κ3) is 48.7. The van der Waals surface area contributed by atoms with Crippen molar-refractivity contribution >= 4 is 0 Å². The minimum atomic E-state index is -3.99. The summed E-state index contributed by atoms with van der Waals surface area (Å²) in [6, 6.07) is 33.2. The SMILES string of the molecule is CC1(C)CCC(C)(C)CC1.CC1(C)CCC(C)(F)CC1.CC1(C)CCCCC1.CC1CCC(C)(F)CC1.CCC(C)(C)CC.CCCC(C)C(F)(F)F.Cc1c(C(C)C)cc(C(C)C)cc1C(C)C.Cc1cc(C)c(C)c(C)c1.Cc1ccc(C(C)(C)C)cc1C(C)(C)C.Cc1ccc(C(C)C)cc1C(C)C.Cc1ccccc1. The summed E-state index contributed by atoms with van der Waals surface area (Å²) in [5, 5.41) is 0. The molecule has 4 aliphatic rings. The Balaban J connectivity index is 0. The molecule has 4 fully saturated rings. The number of rotatable bonds is 9. The van der Waals surface area contributed by atoms with E-state index < -0.39 is 23.4 Å². The van der Waals surface area contributed by atoms with Gasteiger partial charge in [0.05, 0.1) is 5.92 Å². The lowest BCUT2D eigenvalue weighted by molar-refractivity contribution is -0.171. The van der Waals surface area contributed by atoms with Crippen LogP contribution in [0.25, 0.3) is 0 Å². The van der Waals surface area contributed by atoms with Crippen molar-refractivity contribution in [1.29, 1.82) is 0 Å². The molecule has 0 amide bonds. The molecule has 0 N–H and O–H groups in total. The zero-order valence-electron chi connectivity index (χ0n) is 82.9. The molecular weight excluding hydrogens is 1400 g/mol. The zero-order chi connectivity index (χ0) is 89.2. The normalized spacial score (nSPS) is 18.8. The van der Waals surface area contributed by atoms with E-state index in [0.717, 1.165) is 57.3 Å². The van der Waals surface area contributed by atoms with Gasteiger partial charge in [-0.15, -0.1) is 0 Å². The first kappa shape index (κ1) is 112. The topological polar surface area (TPSA) is 0 Å². The molecule has 114 heavy (non-hydrogen) atoms. The van der Waals surface area contributed by atoms with Gasteiger partial charge in [0.25, 0.3) is 0 Å². The van der Waals surface area contributed by atoms with Crippen molar-refractivity contribution in [3.8, 4) is 0 Å². The highest BCUT2D eigenvalue weighted by Crippen LogP contribution is 2.45. The van der Waals surface area contributed by atoms with Gasteiger partial charge in [0.1, 0.15) is 11.3 Å². The van der Waals surface area contributed by atoms with Crippen LogP contribution in [-0.2, 0) is 10.8 Å². The first-order valence-corrected chi connectivity index (χ1v) is 45.6. The summed E-state index contributed by atoms with van der Waals surface area (Å²) in [5.74, 6) is 2.76. The van der Waals surface area contributed by atoms with Crippen LogP contribution in [0.4, 0.5) is 22.0 Å². The summed E-state index contributed by atoms with van der Waals surface area (Å²) in [4.78, 5) is 0. The second kappa shape index (κ2) is 50.7. The number of hydrogen-bond acceptors (Lipinski definition) is 0. The Kier molecular flexibility index (Phi) is 49.8. The van der Waals surface area contributed by atoms with E-state index in [-0.39, 0.29) is 17.3 Å². The van der Waals surface area contributed by atoms with Gasteiger partial charge in [-0.25, -0.2) is 8.78 Å². The lowest BCUT2D eigenvalue weighted by Gasteiger charge is -2.39. The largest absolute Gasteiger partial charge is 0.391 e. The fraction of sp³-hybridized carbons (Fsp3) is 0.725. The van der Waals surface area contributed by atoms with Gasteiger partial charge >= 0.3 is 6.18 Å². The van der Waals surface area contributed by atoms with Crippen LogP contribution in [0, 0.1) is 94.3 Å². The molecule has 0 saturated heterocycles. The van der Waals surface area contributed by atoms with Crippen molar-refractivity contribution in [3.63, 3.8) is 0 Å². The lowest BCUT2D eigenvalue weighted by Crippen LogP contribution is -2.30.